The van der Waals surface area contributed by atoms with Crippen LogP contribution in [0, 0.1) is 0 Å². The standard InChI is InChI=1S/C21H22N4O2S/c1-2-3-6-14-28-21-23-20-19(24-25-21)16-9-4-5-10-17(16)22-18(27-20)12-11-15-8-7-13-26-15/h4-5,7-13,18,22H,2-3,6,14H2,1H3/b12-11+/t18-/m0/s1. The van der Waals surface area contributed by atoms with Crippen LogP contribution in [-0.4, -0.2) is 27.2 Å². The van der Waals surface area contributed by atoms with Gasteiger partial charge < -0.3 is 14.5 Å². The van der Waals surface area contributed by atoms with Crippen molar-refractivity contribution in [3.05, 3.63) is 54.5 Å². The maximum atomic E-state index is 6.14. The van der Waals surface area contributed by atoms with E-state index in [1.54, 1.807) is 18.0 Å². The molecule has 0 radical (unpaired) electrons. The van der Waals surface area contributed by atoms with Crippen molar-refractivity contribution in [1.82, 2.24) is 15.2 Å². The van der Waals surface area contributed by atoms with Crippen LogP contribution in [-0.2, 0) is 0 Å². The van der Waals surface area contributed by atoms with E-state index in [1.807, 2.05) is 48.6 Å². The van der Waals surface area contributed by atoms with Crippen LogP contribution in [0.1, 0.15) is 31.9 Å². The number of furan rings is 1. The first kappa shape index (κ1) is 18.6. The summed E-state index contributed by atoms with van der Waals surface area (Å²) in [5, 5.41) is 12.8. The molecule has 0 amide bonds. The Labute approximate surface area is 168 Å². The first-order valence-electron chi connectivity index (χ1n) is 9.45. The number of rotatable bonds is 7. The zero-order valence-corrected chi connectivity index (χ0v) is 16.5. The number of para-hydroxylation sites is 1. The van der Waals surface area contributed by atoms with E-state index in [2.05, 4.69) is 27.4 Å². The molecule has 1 N–H and O–H groups in total. The van der Waals surface area contributed by atoms with E-state index in [-0.39, 0.29) is 0 Å². The first-order valence-corrected chi connectivity index (χ1v) is 10.4. The molecule has 4 rings (SSSR count). The van der Waals surface area contributed by atoms with Gasteiger partial charge in [-0.2, -0.15) is 4.98 Å². The largest absolute Gasteiger partial charge is 0.465 e. The minimum atomic E-state index is -0.401. The minimum absolute atomic E-state index is 0.401. The zero-order chi connectivity index (χ0) is 19.2. The minimum Gasteiger partial charge on any atom is -0.465 e. The molecule has 1 aliphatic heterocycles. The molecular formula is C21H22N4O2S. The molecule has 28 heavy (non-hydrogen) atoms. The van der Waals surface area contributed by atoms with E-state index in [9.17, 15) is 0 Å². The van der Waals surface area contributed by atoms with Gasteiger partial charge in [-0.3, -0.25) is 0 Å². The van der Waals surface area contributed by atoms with Crippen LogP contribution in [0.2, 0.25) is 0 Å². The number of benzene rings is 1. The van der Waals surface area contributed by atoms with E-state index in [0.717, 1.165) is 29.2 Å². The summed E-state index contributed by atoms with van der Waals surface area (Å²) in [7, 11) is 0. The Hall–Kier alpha value is -2.80. The summed E-state index contributed by atoms with van der Waals surface area (Å²) in [6.45, 7) is 2.19. The third-order valence-electron chi connectivity index (χ3n) is 4.31. The normalized spacial score (nSPS) is 15.4. The monoisotopic (exact) mass is 394 g/mol. The molecule has 144 valence electrons. The fraction of sp³-hybridized carbons (Fsp3) is 0.286. The van der Waals surface area contributed by atoms with Crippen molar-refractivity contribution in [2.45, 2.75) is 37.6 Å². The Morgan fingerprint density at radius 1 is 1.14 bits per heavy atom. The Morgan fingerprint density at radius 2 is 2.07 bits per heavy atom. The molecule has 1 atom stereocenters. The third-order valence-corrected chi connectivity index (χ3v) is 5.24. The second-order valence-electron chi connectivity index (χ2n) is 6.41. The molecule has 7 heteroatoms. The summed E-state index contributed by atoms with van der Waals surface area (Å²) in [4.78, 5) is 4.63. The molecule has 0 bridgehead atoms. The number of fused-ring (bicyclic) bond motifs is 3. The summed E-state index contributed by atoms with van der Waals surface area (Å²) >= 11 is 1.62. The van der Waals surface area contributed by atoms with Gasteiger partial charge in [-0.15, -0.1) is 10.2 Å². The number of hydrogen-bond donors (Lipinski definition) is 1. The number of aromatic nitrogens is 3. The Balaban J connectivity index is 1.61. The molecule has 0 unspecified atom stereocenters. The lowest BCUT2D eigenvalue weighted by Gasteiger charge is -2.15. The molecule has 3 aromatic rings. The first-order chi connectivity index (χ1) is 13.8. The number of anilines is 1. The van der Waals surface area contributed by atoms with Gasteiger partial charge in [0, 0.05) is 17.0 Å². The number of nitrogens with zero attached hydrogens (tertiary/aromatic N) is 3. The highest BCUT2D eigenvalue weighted by atomic mass is 32.2. The number of nitrogens with one attached hydrogen (secondary N) is 1. The molecule has 6 nitrogen and oxygen atoms in total. The fourth-order valence-corrected chi connectivity index (χ4v) is 3.68. The van der Waals surface area contributed by atoms with Crippen molar-refractivity contribution in [2.24, 2.45) is 0 Å². The molecule has 0 saturated carbocycles. The Kier molecular flexibility index (Phi) is 5.92. The summed E-state index contributed by atoms with van der Waals surface area (Å²) in [5.41, 5.74) is 2.50. The quantitative estimate of drug-likeness (QED) is 0.433. The van der Waals surface area contributed by atoms with Crippen LogP contribution >= 0.6 is 11.8 Å². The smallest absolute Gasteiger partial charge is 0.247 e. The second kappa shape index (κ2) is 8.93. The average Bonchev–Trinajstić information content (AvgIpc) is 3.18. The molecule has 0 saturated heterocycles. The van der Waals surface area contributed by atoms with E-state index in [1.165, 1.54) is 12.8 Å². The van der Waals surface area contributed by atoms with E-state index < -0.39 is 6.23 Å². The molecule has 0 spiro atoms. The van der Waals surface area contributed by atoms with Crippen molar-refractivity contribution >= 4 is 23.5 Å². The lowest BCUT2D eigenvalue weighted by Crippen LogP contribution is -2.23. The van der Waals surface area contributed by atoms with Gasteiger partial charge in [-0.25, -0.2) is 0 Å². The van der Waals surface area contributed by atoms with Gasteiger partial charge in [0.25, 0.3) is 0 Å². The maximum absolute atomic E-state index is 6.14. The highest BCUT2D eigenvalue weighted by Gasteiger charge is 2.23. The second-order valence-corrected chi connectivity index (χ2v) is 7.47. The predicted molar refractivity (Wildman–Crippen MR) is 111 cm³/mol. The fourth-order valence-electron chi connectivity index (χ4n) is 2.90. The molecule has 0 fully saturated rings. The van der Waals surface area contributed by atoms with Crippen molar-refractivity contribution in [1.29, 1.82) is 0 Å². The molecule has 3 heterocycles. The van der Waals surface area contributed by atoms with Gasteiger partial charge in [0.15, 0.2) is 11.9 Å². The van der Waals surface area contributed by atoms with Crippen molar-refractivity contribution in [3.63, 3.8) is 0 Å². The maximum Gasteiger partial charge on any atom is 0.247 e. The molecule has 2 aromatic heterocycles. The highest BCUT2D eigenvalue weighted by Crippen LogP contribution is 2.36. The van der Waals surface area contributed by atoms with E-state index in [0.29, 0.717) is 16.7 Å². The molecule has 1 aliphatic rings. The van der Waals surface area contributed by atoms with Crippen molar-refractivity contribution in [2.75, 3.05) is 11.1 Å². The van der Waals surface area contributed by atoms with Crippen LogP contribution in [0.5, 0.6) is 5.88 Å². The van der Waals surface area contributed by atoms with Crippen LogP contribution in [0.3, 0.4) is 0 Å². The van der Waals surface area contributed by atoms with Gasteiger partial charge in [0.2, 0.25) is 11.0 Å². The number of unbranched alkanes of at least 4 members (excludes halogenated alkanes) is 2. The average molecular weight is 395 g/mol. The lowest BCUT2D eigenvalue weighted by molar-refractivity contribution is 0.266. The Morgan fingerprint density at radius 3 is 2.93 bits per heavy atom. The summed E-state index contributed by atoms with van der Waals surface area (Å²) in [5.74, 6) is 2.22. The number of hydrogen-bond acceptors (Lipinski definition) is 7. The van der Waals surface area contributed by atoms with Gasteiger partial charge in [0.1, 0.15) is 5.76 Å². The molecular weight excluding hydrogens is 372 g/mol. The van der Waals surface area contributed by atoms with Crippen LogP contribution < -0.4 is 10.1 Å². The molecule has 1 aromatic carbocycles. The van der Waals surface area contributed by atoms with Crippen molar-refractivity contribution in [3.8, 4) is 17.1 Å². The molecule has 0 aliphatic carbocycles. The lowest BCUT2D eigenvalue weighted by atomic mass is 10.1. The van der Waals surface area contributed by atoms with Gasteiger partial charge in [0.05, 0.1) is 6.26 Å². The third kappa shape index (κ3) is 4.36. The van der Waals surface area contributed by atoms with E-state index in [4.69, 9.17) is 9.15 Å². The summed E-state index contributed by atoms with van der Waals surface area (Å²) < 4.78 is 11.5. The Bertz CT molecular complexity index is 943. The number of thioether (sulfide) groups is 1. The SMILES string of the molecule is CCCCCSc1nnc2c(n1)O[C@@H](/C=C/c1ccco1)Nc1ccccc1-2. The summed E-state index contributed by atoms with van der Waals surface area (Å²) in [6.07, 6.45) is 8.56. The van der Waals surface area contributed by atoms with Gasteiger partial charge >= 0.3 is 0 Å². The summed E-state index contributed by atoms with van der Waals surface area (Å²) in [6, 6.07) is 11.7. The predicted octanol–water partition coefficient (Wildman–Crippen LogP) is 5.26. The van der Waals surface area contributed by atoms with Crippen LogP contribution in [0.15, 0.2) is 58.3 Å². The highest BCUT2D eigenvalue weighted by molar-refractivity contribution is 7.99. The zero-order valence-electron chi connectivity index (χ0n) is 15.7. The van der Waals surface area contributed by atoms with E-state index >= 15 is 0 Å². The van der Waals surface area contributed by atoms with Gasteiger partial charge in [-0.05, 0) is 36.8 Å². The van der Waals surface area contributed by atoms with Crippen LogP contribution in [0.25, 0.3) is 17.3 Å². The topological polar surface area (TPSA) is 73.1 Å². The van der Waals surface area contributed by atoms with Crippen molar-refractivity contribution < 1.29 is 9.15 Å². The van der Waals surface area contributed by atoms with Gasteiger partial charge in [-0.1, -0.05) is 49.7 Å². The number of ether oxygens (including phenoxy) is 1. The van der Waals surface area contributed by atoms with Crippen LogP contribution in [0.4, 0.5) is 5.69 Å².